The van der Waals surface area contributed by atoms with Crippen LogP contribution in [-0.4, -0.2) is 40.5 Å². The van der Waals surface area contributed by atoms with Gasteiger partial charge in [0, 0.05) is 19.5 Å². The maximum atomic E-state index is 12.4. The van der Waals surface area contributed by atoms with Gasteiger partial charge < -0.3 is 9.64 Å². The molecule has 23 heavy (non-hydrogen) atoms. The molecular formula is C17H23BrN2O3. The number of hydrogen-bond acceptors (Lipinski definition) is 4. The van der Waals surface area contributed by atoms with Crippen LogP contribution in [0.15, 0.2) is 22.8 Å². The number of halogens is 1. The predicted molar refractivity (Wildman–Crippen MR) is 91.0 cm³/mol. The van der Waals surface area contributed by atoms with Crippen LogP contribution in [0.3, 0.4) is 0 Å². The Kier molecular flexibility index (Phi) is 5.79. The molecule has 0 atom stereocenters. The van der Waals surface area contributed by atoms with E-state index in [9.17, 15) is 9.59 Å². The van der Waals surface area contributed by atoms with Gasteiger partial charge in [-0.3, -0.25) is 9.59 Å². The van der Waals surface area contributed by atoms with E-state index in [2.05, 4.69) is 20.9 Å². The summed E-state index contributed by atoms with van der Waals surface area (Å²) in [6.45, 7) is 6.92. The van der Waals surface area contributed by atoms with E-state index < -0.39 is 5.60 Å². The van der Waals surface area contributed by atoms with E-state index in [4.69, 9.17) is 4.74 Å². The van der Waals surface area contributed by atoms with E-state index in [0.717, 1.165) is 12.8 Å². The average Bonchev–Trinajstić information content (AvgIpc) is 2.45. The summed E-state index contributed by atoms with van der Waals surface area (Å²) in [5.74, 6) is 0.0716. The van der Waals surface area contributed by atoms with Crippen LogP contribution in [0, 0.1) is 5.92 Å². The molecule has 2 rings (SSSR count). The van der Waals surface area contributed by atoms with Crippen LogP contribution in [0.5, 0.6) is 0 Å². The molecular weight excluding hydrogens is 360 g/mol. The molecule has 0 radical (unpaired) electrons. The minimum Gasteiger partial charge on any atom is -0.460 e. The standard InChI is InChI=1S/C17H23BrN2O3/c1-17(2,3)23-15(21)11-12-7-9-20(10-8-12)16(22)13-5-4-6-14(18)19-13/h4-6,12H,7-11H2,1-3H3. The molecule has 6 heteroatoms. The van der Waals surface area contributed by atoms with Crippen molar-refractivity contribution in [1.82, 2.24) is 9.88 Å². The van der Waals surface area contributed by atoms with Crippen molar-refractivity contribution in [2.45, 2.75) is 45.6 Å². The molecule has 1 aromatic heterocycles. The Morgan fingerprint density at radius 2 is 1.96 bits per heavy atom. The highest BCUT2D eigenvalue weighted by molar-refractivity contribution is 9.10. The van der Waals surface area contributed by atoms with Gasteiger partial charge in [-0.05, 0) is 67.6 Å². The highest BCUT2D eigenvalue weighted by Crippen LogP contribution is 2.23. The van der Waals surface area contributed by atoms with Crippen LogP contribution >= 0.6 is 15.9 Å². The summed E-state index contributed by atoms with van der Waals surface area (Å²) in [4.78, 5) is 30.3. The van der Waals surface area contributed by atoms with Gasteiger partial charge in [-0.1, -0.05) is 6.07 Å². The highest BCUT2D eigenvalue weighted by Gasteiger charge is 2.27. The molecule has 126 valence electrons. The van der Waals surface area contributed by atoms with E-state index in [1.54, 1.807) is 23.1 Å². The Bertz CT molecular complexity index is 575. The molecule has 1 aromatic rings. The van der Waals surface area contributed by atoms with Crippen molar-refractivity contribution in [3.05, 3.63) is 28.5 Å². The second-order valence-electron chi connectivity index (χ2n) is 6.87. The smallest absolute Gasteiger partial charge is 0.306 e. The van der Waals surface area contributed by atoms with Crippen molar-refractivity contribution in [3.8, 4) is 0 Å². The number of aromatic nitrogens is 1. The summed E-state index contributed by atoms with van der Waals surface area (Å²) in [6, 6.07) is 5.32. The van der Waals surface area contributed by atoms with E-state index in [0.29, 0.717) is 29.8 Å². The van der Waals surface area contributed by atoms with Crippen molar-refractivity contribution in [2.75, 3.05) is 13.1 Å². The lowest BCUT2D eigenvalue weighted by molar-refractivity contribution is -0.156. The molecule has 0 bridgehead atoms. The third kappa shape index (κ3) is 5.61. The first-order valence-corrected chi connectivity index (χ1v) is 8.67. The van der Waals surface area contributed by atoms with Crippen LogP contribution in [0.1, 0.15) is 50.5 Å². The number of esters is 1. The van der Waals surface area contributed by atoms with Crippen LogP contribution in [0.2, 0.25) is 0 Å². The Balaban J connectivity index is 1.84. The summed E-state index contributed by atoms with van der Waals surface area (Å²) in [5, 5.41) is 0. The Morgan fingerprint density at radius 1 is 1.30 bits per heavy atom. The molecule has 1 saturated heterocycles. The highest BCUT2D eigenvalue weighted by atomic mass is 79.9. The zero-order valence-electron chi connectivity index (χ0n) is 13.8. The van der Waals surface area contributed by atoms with Gasteiger partial charge in [-0.25, -0.2) is 4.98 Å². The molecule has 0 saturated carbocycles. The Morgan fingerprint density at radius 3 is 2.52 bits per heavy atom. The molecule has 0 aromatic carbocycles. The minimum absolute atomic E-state index is 0.0537. The average molecular weight is 383 g/mol. The molecule has 0 N–H and O–H groups in total. The predicted octanol–water partition coefficient (Wildman–Crippen LogP) is 3.43. The van der Waals surface area contributed by atoms with E-state index in [1.165, 1.54) is 0 Å². The maximum absolute atomic E-state index is 12.4. The lowest BCUT2D eigenvalue weighted by atomic mass is 9.93. The van der Waals surface area contributed by atoms with Crippen molar-refractivity contribution in [3.63, 3.8) is 0 Å². The SMILES string of the molecule is CC(C)(C)OC(=O)CC1CCN(C(=O)c2cccc(Br)n2)CC1. The molecule has 0 spiro atoms. The Hall–Kier alpha value is -1.43. The molecule has 2 heterocycles. The second kappa shape index (κ2) is 7.43. The summed E-state index contributed by atoms with van der Waals surface area (Å²) in [7, 11) is 0. The number of likely N-dealkylation sites (tertiary alicyclic amines) is 1. The van der Waals surface area contributed by atoms with Gasteiger partial charge in [-0.2, -0.15) is 0 Å². The van der Waals surface area contributed by atoms with Crippen molar-refractivity contribution < 1.29 is 14.3 Å². The van der Waals surface area contributed by atoms with Gasteiger partial charge in [0.05, 0.1) is 0 Å². The fourth-order valence-corrected chi connectivity index (χ4v) is 2.99. The largest absolute Gasteiger partial charge is 0.460 e. The van der Waals surface area contributed by atoms with E-state index in [-0.39, 0.29) is 17.8 Å². The number of rotatable bonds is 3. The monoisotopic (exact) mass is 382 g/mol. The third-order valence-electron chi connectivity index (χ3n) is 3.71. The fraction of sp³-hybridized carbons (Fsp3) is 0.588. The first-order valence-electron chi connectivity index (χ1n) is 7.88. The molecule has 1 aliphatic rings. The molecule has 1 amide bonds. The zero-order valence-corrected chi connectivity index (χ0v) is 15.4. The summed E-state index contributed by atoms with van der Waals surface area (Å²) in [6.07, 6.45) is 2.06. The number of piperidine rings is 1. The fourth-order valence-electron chi connectivity index (χ4n) is 2.65. The quantitative estimate of drug-likeness (QED) is 0.593. The van der Waals surface area contributed by atoms with Gasteiger partial charge in [0.25, 0.3) is 5.91 Å². The third-order valence-corrected chi connectivity index (χ3v) is 4.15. The summed E-state index contributed by atoms with van der Waals surface area (Å²) >= 11 is 3.28. The van der Waals surface area contributed by atoms with E-state index in [1.807, 2.05) is 20.8 Å². The summed E-state index contributed by atoms with van der Waals surface area (Å²) in [5.41, 5.74) is 0.00472. The first kappa shape index (κ1) is 17.9. The topological polar surface area (TPSA) is 59.5 Å². The molecule has 5 nitrogen and oxygen atoms in total. The van der Waals surface area contributed by atoms with Crippen LogP contribution in [0.4, 0.5) is 0 Å². The van der Waals surface area contributed by atoms with Crippen LogP contribution in [0.25, 0.3) is 0 Å². The van der Waals surface area contributed by atoms with Crippen LogP contribution in [-0.2, 0) is 9.53 Å². The van der Waals surface area contributed by atoms with Gasteiger partial charge in [0.15, 0.2) is 0 Å². The number of nitrogens with zero attached hydrogens (tertiary/aromatic N) is 2. The number of hydrogen-bond donors (Lipinski definition) is 0. The van der Waals surface area contributed by atoms with Crippen molar-refractivity contribution in [2.24, 2.45) is 5.92 Å². The number of ether oxygens (including phenoxy) is 1. The van der Waals surface area contributed by atoms with Crippen LogP contribution < -0.4 is 0 Å². The zero-order chi connectivity index (χ0) is 17.0. The molecule has 0 aliphatic carbocycles. The normalized spacial score (nSPS) is 16.3. The van der Waals surface area contributed by atoms with Crippen molar-refractivity contribution in [1.29, 1.82) is 0 Å². The number of carbonyl (C=O) groups is 2. The van der Waals surface area contributed by atoms with Crippen molar-refractivity contribution >= 4 is 27.8 Å². The Labute approximate surface area is 145 Å². The first-order chi connectivity index (χ1) is 10.7. The van der Waals surface area contributed by atoms with Gasteiger partial charge in [-0.15, -0.1) is 0 Å². The molecule has 1 fully saturated rings. The lowest BCUT2D eigenvalue weighted by Crippen LogP contribution is -2.39. The molecule has 0 unspecified atom stereocenters. The number of carbonyl (C=O) groups excluding carboxylic acids is 2. The minimum atomic E-state index is -0.444. The maximum Gasteiger partial charge on any atom is 0.306 e. The second-order valence-corrected chi connectivity index (χ2v) is 7.68. The lowest BCUT2D eigenvalue weighted by Gasteiger charge is -2.32. The van der Waals surface area contributed by atoms with Gasteiger partial charge in [0.2, 0.25) is 0 Å². The van der Waals surface area contributed by atoms with E-state index >= 15 is 0 Å². The van der Waals surface area contributed by atoms with Gasteiger partial charge >= 0.3 is 5.97 Å². The number of amides is 1. The molecule has 1 aliphatic heterocycles. The summed E-state index contributed by atoms with van der Waals surface area (Å²) < 4.78 is 6.02. The number of pyridine rings is 1. The van der Waals surface area contributed by atoms with Gasteiger partial charge in [0.1, 0.15) is 15.9 Å².